The van der Waals surface area contributed by atoms with Gasteiger partial charge in [-0.15, -0.1) is 0 Å². The van der Waals surface area contributed by atoms with Crippen LogP contribution in [0.4, 0.5) is 0 Å². The van der Waals surface area contributed by atoms with Gasteiger partial charge in [-0.2, -0.15) is 5.10 Å². The van der Waals surface area contributed by atoms with Crippen molar-refractivity contribution in [1.29, 1.82) is 0 Å². The molecule has 0 saturated carbocycles. The van der Waals surface area contributed by atoms with E-state index in [1.165, 1.54) is 0 Å². The molecule has 1 atom stereocenters. The number of rotatable bonds is 3. The molecule has 1 N–H and O–H groups in total. The molecular formula is C14H20N6S. The van der Waals surface area contributed by atoms with Gasteiger partial charge in [-0.05, 0) is 38.4 Å². The molecule has 112 valence electrons. The summed E-state index contributed by atoms with van der Waals surface area (Å²) in [5.41, 5.74) is 1.03. The predicted molar refractivity (Wildman–Crippen MR) is 84.6 cm³/mol. The number of aromatic amines is 1. The summed E-state index contributed by atoms with van der Waals surface area (Å²) in [7, 11) is 4.34. The zero-order valence-electron chi connectivity index (χ0n) is 12.4. The lowest BCUT2D eigenvalue weighted by atomic mass is 10.1. The van der Waals surface area contributed by atoms with Crippen LogP contribution in [-0.4, -0.2) is 69.3 Å². The van der Waals surface area contributed by atoms with Crippen molar-refractivity contribution >= 4 is 12.2 Å². The van der Waals surface area contributed by atoms with Crippen LogP contribution < -0.4 is 0 Å². The van der Waals surface area contributed by atoms with E-state index in [2.05, 4.69) is 43.6 Å². The number of likely N-dealkylation sites (N-methyl/N-ethyl adjacent to an activating group) is 2. The van der Waals surface area contributed by atoms with E-state index in [1.54, 1.807) is 12.4 Å². The highest BCUT2D eigenvalue weighted by atomic mass is 32.1. The van der Waals surface area contributed by atoms with Crippen LogP contribution in [0.15, 0.2) is 24.5 Å². The fourth-order valence-electron chi connectivity index (χ4n) is 2.72. The highest BCUT2D eigenvalue weighted by Gasteiger charge is 2.24. The molecule has 2 aromatic heterocycles. The quantitative estimate of drug-likeness (QED) is 0.865. The molecule has 1 aliphatic heterocycles. The Balaban J connectivity index is 1.89. The first-order valence-corrected chi connectivity index (χ1v) is 7.50. The monoisotopic (exact) mass is 304 g/mol. The molecule has 3 heterocycles. The van der Waals surface area contributed by atoms with E-state index in [-0.39, 0.29) is 0 Å². The average molecular weight is 304 g/mol. The van der Waals surface area contributed by atoms with Crippen LogP contribution in [0.3, 0.4) is 0 Å². The number of H-pyrrole nitrogens is 1. The lowest BCUT2D eigenvalue weighted by molar-refractivity contribution is 0.103. The zero-order valence-corrected chi connectivity index (χ0v) is 13.2. The minimum Gasteiger partial charge on any atom is -0.303 e. The lowest BCUT2D eigenvalue weighted by Crippen LogP contribution is -2.51. The lowest BCUT2D eigenvalue weighted by Gasteiger charge is -2.37. The Morgan fingerprint density at radius 3 is 2.81 bits per heavy atom. The van der Waals surface area contributed by atoms with E-state index >= 15 is 0 Å². The maximum atomic E-state index is 5.41. The summed E-state index contributed by atoms with van der Waals surface area (Å²) in [6.07, 6.45) is 3.55. The number of hydrogen-bond acceptors (Lipinski definition) is 5. The molecule has 7 heteroatoms. The van der Waals surface area contributed by atoms with Crippen molar-refractivity contribution in [1.82, 2.24) is 29.5 Å². The molecule has 0 spiro atoms. The van der Waals surface area contributed by atoms with Crippen molar-refractivity contribution in [3.63, 3.8) is 0 Å². The minimum absolute atomic E-state index is 0.439. The SMILES string of the molecule is CN1CCN(C)C(Cn2c(-c3ccncc3)n[nH]c2=S)C1. The Hall–Kier alpha value is -1.57. The first-order valence-electron chi connectivity index (χ1n) is 7.09. The number of hydrogen-bond donors (Lipinski definition) is 1. The summed E-state index contributed by atoms with van der Waals surface area (Å²) in [6.45, 7) is 4.07. The maximum absolute atomic E-state index is 5.41. The van der Waals surface area contributed by atoms with Gasteiger partial charge in [-0.25, -0.2) is 0 Å². The molecule has 0 radical (unpaired) electrons. The van der Waals surface area contributed by atoms with Gasteiger partial charge in [0.25, 0.3) is 0 Å². The Bertz CT molecular complexity index is 649. The smallest absolute Gasteiger partial charge is 0.195 e. The van der Waals surface area contributed by atoms with E-state index in [0.29, 0.717) is 10.8 Å². The molecule has 0 bridgehead atoms. The van der Waals surface area contributed by atoms with Crippen molar-refractivity contribution in [3.8, 4) is 11.4 Å². The normalized spacial score (nSPS) is 20.8. The summed E-state index contributed by atoms with van der Waals surface area (Å²) in [4.78, 5) is 8.81. The number of pyridine rings is 1. The van der Waals surface area contributed by atoms with Crippen LogP contribution in [0.5, 0.6) is 0 Å². The van der Waals surface area contributed by atoms with Crippen molar-refractivity contribution in [2.45, 2.75) is 12.6 Å². The van der Waals surface area contributed by atoms with Gasteiger partial charge in [0.1, 0.15) is 0 Å². The van der Waals surface area contributed by atoms with E-state index in [0.717, 1.165) is 37.6 Å². The van der Waals surface area contributed by atoms with E-state index < -0.39 is 0 Å². The van der Waals surface area contributed by atoms with Crippen LogP contribution in [0.25, 0.3) is 11.4 Å². The average Bonchev–Trinajstić information content (AvgIpc) is 2.85. The van der Waals surface area contributed by atoms with Gasteiger partial charge in [0.05, 0.1) is 0 Å². The van der Waals surface area contributed by atoms with Gasteiger partial charge in [-0.1, -0.05) is 0 Å². The van der Waals surface area contributed by atoms with Crippen molar-refractivity contribution in [3.05, 3.63) is 29.3 Å². The van der Waals surface area contributed by atoms with Crippen molar-refractivity contribution in [2.75, 3.05) is 33.7 Å². The highest BCUT2D eigenvalue weighted by Crippen LogP contribution is 2.18. The standard InChI is InChI=1S/C14H20N6S/c1-18-7-8-19(2)12(9-18)10-20-13(16-17-14(20)21)11-3-5-15-6-4-11/h3-6,12H,7-10H2,1-2H3,(H,17,21). The highest BCUT2D eigenvalue weighted by molar-refractivity contribution is 7.71. The zero-order chi connectivity index (χ0) is 14.8. The fourth-order valence-corrected chi connectivity index (χ4v) is 2.92. The minimum atomic E-state index is 0.439. The van der Waals surface area contributed by atoms with Gasteiger partial charge in [-0.3, -0.25) is 19.5 Å². The molecular weight excluding hydrogens is 284 g/mol. The Morgan fingerprint density at radius 1 is 1.29 bits per heavy atom. The van der Waals surface area contributed by atoms with Gasteiger partial charge < -0.3 is 4.90 Å². The largest absolute Gasteiger partial charge is 0.303 e. The Kier molecular flexibility index (Phi) is 4.14. The molecule has 1 saturated heterocycles. The summed E-state index contributed by atoms with van der Waals surface area (Å²) >= 11 is 5.41. The molecule has 0 aliphatic carbocycles. The fraction of sp³-hybridized carbons (Fsp3) is 0.500. The molecule has 21 heavy (non-hydrogen) atoms. The van der Waals surface area contributed by atoms with Crippen LogP contribution in [0, 0.1) is 4.77 Å². The maximum Gasteiger partial charge on any atom is 0.195 e. The molecule has 1 aliphatic rings. The van der Waals surface area contributed by atoms with E-state index in [1.807, 2.05) is 12.1 Å². The van der Waals surface area contributed by atoms with Crippen LogP contribution >= 0.6 is 12.2 Å². The summed E-state index contributed by atoms with van der Waals surface area (Å²) in [5.74, 6) is 0.879. The first-order chi connectivity index (χ1) is 10.1. The first kappa shape index (κ1) is 14.4. The Labute approximate surface area is 129 Å². The second kappa shape index (κ2) is 6.05. The van der Waals surface area contributed by atoms with Gasteiger partial charge >= 0.3 is 0 Å². The van der Waals surface area contributed by atoms with E-state index in [9.17, 15) is 0 Å². The van der Waals surface area contributed by atoms with E-state index in [4.69, 9.17) is 12.2 Å². The molecule has 0 amide bonds. The van der Waals surface area contributed by atoms with Gasteiger partial charge in [0.15, 0.2) is 10.6 Å². The summed E-state index contributed by atoms with van der Waals surface area (Å²) < 4.78 is 2.76. The molecule has 0 aromatic carbocycles. The molecule has 6 nitrogen and oxygen atoms in total. The third kappa shape index (κ3) is 3.04. The molecule has 3 rings (SSSR count). The number of aromatic nitrogens is 4. The second-order valence-electron chi connectivity index (χ2n) is 5.60. The number of piperazine rings is 1. The van der Waals surface area contributed by atoms with Crippen LogP contribution in [-0.2, 0) is 6.54 Å². The summed E-state index contributed by atoms with van der Waals surface area (Å²) in [6, 6.07) is 4.35. The third-order valence-corrected chi connectivity index (χ3v) is 4.38. The Morgan fingerprint density at radius 2 is 2.05 bits per heavy atom. The van der Waals surface area contributed by atoms with Gasteiger partial charge in [0.2, 0.25) is 0 Å². The molecule has 2 aromatic rings. The van der Waals surface area contributed by atoms with Crippen LogP contribution in [0.2, 0.25) is 0 Å². The van der Waals surface area contributed by atoms with Crippen LogP contribution in [0.1, 0.15) is 0 Å². The third-order valence-electron chi connectivity index (χ3n) is 4.07. The van der Waals surface area contributed by atoms with Gasteiger partial charge in [0, 0.05) is 50.2 Å². The van der Waals surface area contributed by atoms with Crippen molar-refractivity contribution in [2.24, 2.45) is 0 Å². The predicted octanol–water partition coefficient (Wildman–Crippen LogP) is 1.25. The molecule has 1 unspecified atom stereocenters. The molecule has 1 fully saturated rings. The second-order valence-corrected chi connectivity index (χ2v) is 5.98. The topological polar surface area (TPSA) is 53.0 Å². The van der Waals surface area contributed by atoms with Crippen molar-refractivity contribution < 1.29 is 0 Å². The number of nitrogens with one attached hydrogen (secondary N) is 1. The summed E-state index contributed by atoms with van der Waals surface area (Å²) in [5, 5.41) is 7.30. The number of nitrogens with zero attached hydrogens (tertiary/aromatic N) is 5.